The van der Waals surface area contributed by atoms with Crippen molar-refractivity contribution >= 4 is 0 Å². The van der Waals surface area contributed by atoms with Crippen molar-refractivity contribution in [1.82, 2.24) is 5.32 Å². The third-order valence-electron chi connectivity index (χ3n) is 0.605. The maximum atomic E-state index is 7.83. The number of nitrogens with one attached hydrogen (secondary N) is 1. The minimum atomic E-state index is -1.57. The Hall–Kier alpha value is -0.320. The van der Waals surface area contributed by atoms with E-state index >= 15 is 0 Å². The summed E-state index contributed by atoms with van der Waals surface area (Å²) in [5, 5.41) is 25.4. The fourth-order valence-corrected chi connectivity index (χ4v) is 0.245. The largest absolute Gasteiger partial charge is 0.291 e. The van der Waals surface area contributed by atoms with Crippen molar-refractivity contribution in [2.75, 3.05) is 0 Å². The van der Waals surface area contributed by atoms with Gasteiger partial charge in [0, 0.05) is 0 Å². The molecule has 0 aliphatic carbocycles. The lowest BCUT2D eigenvalue weighted by Gasteiger charge is -2.14. The van der Waals surface area contributed by atoms with Gasteiger partial charge in [-0.25, -0.2) is 26.0 Å². The standard InChI is InChI=1S/C2H8N2O6/c3-1(8-5)4-2(9-6)10-7/h1-2,4-7H,3H2. The molecule has 0 radical (unpaired) electrons. The number of hydrogen-bond donors (Lipinski definition) is 5. The molecule has 8 heteroatoms. The van der Waals surface area contributed by atoms with E-state index in [1.807, 2.05) is 5.32 Å². The average molecular weight is 156 g/mol. The van der Waals surface area contributed by atoms with Gasteiger partial charge >= 0.3 is 0 Å². The van der Waals surface area contributed by atoms with Crippen LogP contribution in [-0.2, 0) is 14.7 Å². The van der Waals surface area contributed by atoms with Crippen molar-refractivity contribution in [3.8, 4) is 0 Å². The van der Waals surface area contributed by atoms with Crippen LogP contribution in [0.4, 0.5) is 0 Å². The van der Waals surface area contributed by atoms with Crippen LogP contribution in [0.2, 0.25) is 0 Å². The Morgan fingerprint density at radius 1 is 1.10 bits per heavy atom. The van der Waals surface area contributed by atoms with Gasteiger partial charge in [0.25, 0.3) is 6.41 Å². The van der Waals surface area contributed by atoms with E-state index in [0.29, 0.717) is 0 Å². The molecule has 10 heavy (non-hydrogen) atoms. The second kappa shape index (κ2) is 5.46. The molecule has 1 atom stereocenters. The molecule has 8 nitrogen and oxygen atoms in total. The molecule has 0 aromatic rings. The molecule has 6 N–H and O–H groups in total. The van der Waals surface area contributed by atoms with E-state index in [1.54, 1.807) is 0 Å². The minimum absolute atomic E-state index is 1.33. The van der Waals surface area contributed by atoms with Crippen LogP contribution in [0.15, 0.2) is 0 Å². The predicted octanol–water partition coefficient (Wildman–Crippen LogP) is -1.43. The van der Waals surface area contributed by atoms with Crippen molar-refractivity contribution in [3.05, 3.63) is 0 Å². The second-order valence-corrected chi connectivity index (χ2v) is 1.24. The summed E-state index contributed by atoms with van der Waals surface area (Å²) in [7, 11) is 0. The summed E-state index contributed by atoms with van der Waals surface area (Å²) in [4.78, 5) is 10.3. The first kappa shape index (κ1) is 9.68. The van der Waals surface area contributed by atoms with Gasteiger partial charge in [-0.05, 0) is 0 Å². The Balaban J connectivity index is 3.41. The maximum absolute atomic E-state index is 7.83. The second-order valence-electron chi connectivity index (χ2n) is 1.24. The number of nitrogens with two attached hydrogens (primary N) is 1. The molecule has 0 rings (SSSR count). The Labute approximate surface area is 55.5 Å². The third-order valence-corrected chi connectivity index (χ3v) is 0.605. The van der Waals surface area contributed by atoms with Gasteiger partial charge in [-0.1, -0.05) is 0 Å². The van der Waals surface area contributed by atoms with Crippen molar-refractivity contribution in [2.45, 2.75) is 12.8 Å². The zero-order chi connectivity index (χ0) is 7.98. The third kappa shape index (κ3) is 3.66. The Bertz CT molecular complexity index is 76.1. The van der Waals surface area contributed by atoms with Gasteiger partial charge in [0.05, 0.1) is 0 Å². The molecule has 0 amide bonds. The first-order valence-electron chi connectivity index (χ1n) is 2.17. The summed E-state index contributed by atoms with van der Waals surface area (Å²) < 4.78 is 0. The normalized spacial score (nSPS) is 14.1. The van der Waals surface area contributed by atoms with E-state index in [4.69, 9.17) is 21.5 Å². The smallest absolute Gasteiger partial charge is 0.280 e. The van der Waals surface area contributed by atoms with E-state index in [1.165, 1.54) is 0 Å². The quantitative estimate of drug-likeness (QED) is 0.186. The molecule has 0 saturated carbocycles. The van der Waals surface area contributed by atoms with Crippen LogP contribution in [0, 0.1) is 0 Å². The highest BCUT2D eigenvalue weighted by Crippen LogP contribution is 1.84. The Morgan fingerprint density at radius 3 is 1.90 bits per heavy atom. The minimum Gasteiger partial charge on any atom is -0.291 e. The van der Waals surface area contributed by atoms with E-state index < -0.39 is 12.8 Å². The highest BCUT2D eigenvalue weighted by atomic mass is 17.2. The molecule has 1 unspecified atom stereocenters. The van der Waals surface area contributed by atoms with Crippen LogP contribution in [0.25, 0.3) is 0 Å². The molecular formula is C2H8N2O6. The highest BCUT2D eigenvalue weighted by Gasteiger charge is 2.12. The molecule has 0 saturated heterocycles. The Morgan fingerprint density at radius 2 is 1.60 bits per heavy atom. The van der Waals surface area contributed by atoms with Crippen LogP contribution >= 0.6 is 0 Å². The topological polar surface area (TPSA) is 126 Å². The van der Waals surface area contributed by atoms with Crippen LogP contribution in [0.1, 0.15) is 0 Å². The highest BCUT2D eigenvalue weighted by molar-refractivity contribution is 4.38. The first-order valence-corrected chi connectivity index (χ1v) is 2.17. The zero-order valence-corrected chi connectivity index (χ0v) is 4.80. The summed E-state index contributed by atoms with van der Waals surface area (Å²) in [5.74, 6) is 0. The van der Waals surface area contributed by atoms with Crippen molar-refractivity contribution < 1.29 is 30.4 Å². The van der Waals surface area contributed by atoms with E-state index in [2.05, 4.69) is 14.7 Å². The molecule has 0 bridgehead atoms. The van der Waals surface area contributed by atoms with Gasteiger partial charge in [-0.3, -0.25) is 5.73 Å². The lowest BCUT2D eigenvalue weighted by Crippen LogP contribution is -2.47. The maximum Gasteiger partial charge on any atom is 0.280 e. The zero-order valence-electron chi connectivity index (χ0n) is 4.80. The average Bonchev–Trinajstić information content (AvgIpc) is 1.99. The first-order chi connectivity index (χ1) is 4.74. The monoisotopic (exact) mass is 156 g/mol. The molecule has 0 fully saturated rings. The summed E-state index contributed by atoms with van der Waals surface area (Å²) in [6.45, 7) is 0. The molecule has 0 aromatic heterocycles. The van der Waals surface area contributed by atoms with Crippen molar-refractivity contribution in [2.24, 2.45) is 5.73 Å². The predicted molar refractivity (Wildman–Crippen MR) is 26.0 cm³/mol. The van der Waals surface area contributed by atoms with E-state index in [-0.39, 0.29) is 0 Å². The fourth-order valence-electron chi connectivity index (χ4n) is 0.245. The van der Waals surface area contributed by atoms with Gasteiger partial charge in [0.1, 0.15) is 0 Å². The van der Waals surface area contributed by atoms with Gasteiger partial charge < -0.3 is 0 Å². The van der Waals surface area contributed by atoms with Gasteiger partial charge in [0.2, 0.25) is 0 Å². The van der Waals surface area contributed by atoms with Crippen LogP contribution in [0.5, 0.6) is 0 Å². The number of hydrogen-bond acceptors (Lipinski definition) is 8. The van der Waals surface area contributed by atoms with Crippen LogP contribution in [-0.4, -0.2) is 28.5 Å². The van der Waals surface area contributed by atoms with E-state index in [0.717, 1.165) is 0 Å². The SMILES string of the molecule is NC(NC(OO)OO)OO. The molecule has 0 aliphatic heterocycles. The lowest BCUT2D eigenvalue weighted by molar-refractivity contribution is -0.449. The summed E-state index contributed by atoms with van der Waals surface area (Å²) in [6, 6.07) is 0. The van der Waals surface area contributed by atoms with Crippen molar-refractivity contribution in [3.63, 3.8) is 0 Å². The van der Waals surface area contributed by atoms with E-state index in [9.17, 15) is 0 Å². The molecule has 0 aliphatic rings. The van der Waals surface area contributed by atoms with Crippen molar-refractivity contribution in [1.29, 1.82) is 0 Å². The van der Waals surface area contributed by atoms with Crippen LogP contribution < -0.4 is 11.1 Å². The molecular weight excluding hydrogens is 148 g/mol. The summed E-state index contributed by atoms with van der Waals surface area (Å²) >= 11 is 0. The van der Waals surface area contributed by atoms with Crippen LogP contribution in [0.3, 0.4) is 0 Å². The molecule has 0 aromatic carbocycles. The van der Waals surface area contributed by atoms with Gasteiger partial charge in [-0.2, -0.15) is 9.78 Å². The van der Waals surface area contributed by atoms with Gasteiger partial charge in [-0.15, -0.1) is 0 Å². The summed E-state index contributed by atoms with van der Waals surface area (Å²) in [6.07, 6.45) is -2.90. The fraction of sp³-hybridized carbons (Fsp3) is 1.00. The lowest BCUT2D eigenvalue weighted by atomic mass is 10.9. The Kier molecular flexibility index (Phi) is 5.29. The molecule has 0 heterocycles. The summed E-state index contributed by atoms with van der Waals surface area (Å²) in [5.41, 5.74) is 4.86. The molecule has 62 valence electrons. The van der Waals surface area contributed by atoms with Gasteiger partial charge in [0.15, 0.2) is 6.35 Å². The molecule has 0 spiro atoms. The number of rotatable bonds is 5.